The number of esters is 1. The zero-order valence-electron chi connectivity index (χ0n) is 19.6. The number of rotatable bonds is 10. The summed E-state index contributed by atoms with van der Waals surface area (Å²) in [5, 5.41) is 5.61. The highest BCUT2D eigenvalue weighted by atomic mass is 16.5. The van der Waals surface area contributed by atoms with Crippen molar-refractivity contribution >= 4 is 35.1 Å². The summed E-state index contributed by atoms with van der Waals surface area (Å²) in [6.45, 7) is 5.49. The number of likely N-dealkylation sites (tertiary alicyclic amines) is 1. The number of carbonyl (C=O) groups is 4. The Kier molecular flexibility index (Phi) is 8.79. The summed E-state index contributed by atoms with van der Waals surface area (Å²) >= 11 is 0. The standard InChI is InChI=1S/C26H31N3O5/c1-3-5-14-29-17-20(16-23(29)30)25(32)28-21-10-6-18(7-11-21)24(31)27-22-12-8-19(9-13-22)26(33)34-15-4-2/h6-13,20H,3-5,14-17H2,1-2H3,(H,27,31)(H,28,32)/t20-/m1/s1. The Balaban J connectivity index is 1.52. The first-order valence-corrected chi connectivity index (χ1v) is 11.7. The van der Waals surface area contributed by atoms with Crippen LogP contribution in [0.2, 0.25) is 0 Å². The second-order valence-electron chi connectivity index (χ2n) is 8.33. The van der Waals surface area contributed by atoms with E-state index < -0.39 is 5.97 Å². The van der Waals surface area contributed by atoms with Crippen LogP contribution in [0, 0.1) is 5.92 Å². The van der Waals surface area contributed by atoms with Gasteiger partial charge in [0, 0.05) is 36.4 Å². The van der Waals surface area contributed by atoms with Gasteiger partial charge in [0.25, 0.3) is 5.91 Å². The van der Waals surface area contributed by atoms with Crippen molar-refractivity contribution in [2.75, 3.05) is 30.3 Å². The van der Waals surface area contributed by atoms with E-state index >= 15 is 0 Å². The minimum absolute atomic E-state index is 0.0199. The van der Waals surface area contributed by atoms with Crippen LogP contribution in [0.1, 0.15) is 60.2 Å². The molecule has 2 N–H and O–H groups in total. The highest BCUT2D eigenvalue weighted by molar-refractivity contribution is 6.05. The van der Waals surface area contributed by atoms with E-state index in [0.717, 1.165) is 19.3 Å². The second kappa shape index (κ2) is 12.0. The minimum Gasteiger partial charge on any atom is -0.462 e. The van der Waals surface area contributed by atoms with Crippen LogP contribution in [0.15, 0.2) is 48.5 Å². The Morgan fingerprint density at radius 3 is 2.15 bits per heavy atom. The van der Waals surface area contributed by atoms with E-state index in [1.807, 2.05) is 6.92 Å². The molecule has 1 saturated heterocycles. The molecule has 0 aromatic heterocycles. The lowest BCUT2D eigenvalue weighted by molar-refractivity contribution is -0.128. The predicted molar refractivity (Wildman–Crippen MR) is 130 cm³/mol. The molecule has 1 atom stereocenters. The van der Waals surface area contributed by atoms with Gasteiger partial charge in [0.15, 0.2) is 0 Å². The molecule has 8 heteroatoms. The van der Waals surface area contributed by atoms with Gasteiger partial charge in [0.05, 0.1) is 18.1 Å². The number of carbonyl (C=O) groups excluding carboxylic acids is 4. The van der Waals surface area contributed by atoms with Crippen LogP contribution in [-0.2, 0) is 14.3 Å². The number of ether oxygens (including phenoxy) is 1. The lowest BCUT2D eigenvalue weighted by Crippen LogP contribution is -2.29. The van der Waals surface area contributed by atoms with Gasteiger partial charge >= 0.3 is 5.97 Å². The molecule has 2 aromatic rings. The van der Waals surface area contributed by atoms with Crippen LogP contribution < -0.4 is 10.6 Å². The van der Waals surface area contributed by atoms with Crippen molar-refractivity contribution in [3.05, 3.63) is 59.7 Å². The number of hydrogen-bond acceptors (Lipinski definition) is 5. The Morgan fingerprint density at radius 1 is 0.912 bits per heavy atom. The highest BCUT2D eigenvalue weighted by Crippen LogP contribution is 2.21. The fraction of sp³-hybridized carbons (Fsp3) is 0.385. The van der Waals surface area contributed by atoms with Crippen molar-refractivity contribution in [1.29, 1.82) is 0 Å². The molecule has 0 radical (unpaired) electrons. The van der Waals surface area contributed by atoms with Crippen molar-refractivity contribution in [2.24, 2.45) is 5.92 Å². The molecule has 3 rings (SSSR count). The third-order valence-electron chi connectivity index (χ3n) is 5.60. The van der Waals surface area contributed by atoms with Gasteiger partial charge in [-0.25, -0.2) is 4.79 Å². The first-order chi connectivity index (χ1) is 16.4. The number of anilines is 2. The first-order valence-electron chi connectivity index (χ1n) is 11.7. The van der Waals surface area contributed by atoms with Gasteiger partial charge in [-0.3, -0.25) is 14.4 Å². The molecule has 1 aliphatic heterocycles. The Labute approximate surface area is 199 Å². The molecule has 0 unspecified atom stereocenters. The average molecular weight is 466 g/mol. The summed E-state index contributed by atoms with van der Waals surface area (Å²) in [4.78, 5) is 50.8. The van der Waals surface area contributed by atoms with Crippen LogP contribution >= 0.6 is 0 Å². The van der Waals surface area contributed by atoms with E-state index in [0.29, 0.717) is 42.2 Å². The number of amides is 3. The fourth-order valence-corrected chi connectivity index (χ4v) is 3.63. The Morgan fingerprint density at radius 2 is 1.53 bits per heavy atom. The van der Waals surface area contributed by atoms with E-state index in [2.05, 4.69) is 17.6 Å². The lowest BCUT2D eigenvalue weighted by atomic mass is 10.1. The van der Waals surface area contributed by atoms with E-state index in [9.17, 15) is 19.2 Å². The SMILES string of the molecule is CCCCN1C[C@H](C(=O)Nc2ccc(C(=O)Nc3ccc(C(=O)OCCC)cc3)cc2)CC1=O. The van der Waals surface area contributed by atoms with Crippen LogP contribution in [0.25, 0.3) is 0 Å². The summed E-state index contributed by atoms with van der Waals surface area (Å²) in [6.07, 6.45) is 2.91. The zero-order valence-corrected chi connectivity index (χ0v) is 19.6. The maximum Gasteiger partial charge on any atom is 0.338 e. The van der Waals surface area contributed by atoms with Gasteiger partial charge in [-0.1, -0.05) is 20.3 Å². The largest absolute Gasteiger partial charge is 0.462 e. The molecule has 2 aromatic carbocycles. The number of hydrogen-bond donors (Lipinski definition) is 2. The number of nitrogens with one attached hydrogen (secondary N) is 2. The monoisotopic (exact) mass is 465 g/mol. The van der Waals surface area contributed by atoms with Crippen molar-refractivity contribution in [3.8, 4) is 0 Å². The van der Waals surface area contributed by atoms with Crippen molar-refractivity contribution in [1.82, 2.24) is 4.90 Å². The quantitative estimate of drug-likeness (QED) is 0.514. The summed E-state index contributed by atoms with van der Waals surface area (Å²) in [5.74, 6) is -1.25. The Bertz CT molecular complexity index is 1020. The molecule has 8 nitrogen and oxygen atoms in total. The van der Waals surface area contributed by atoms with Crippen molar-refractivity contribution < 1.29 is 23.9 Å². The summed E-state index contributed by atoms with van der Waals surface area (Å²) in [6, 6.07) is 13.0. The molecule has 0 bridgehead atoms. The molecule has 0 spiro atoms. The summed E-state index contributed by atoms with van der Waals surface area (Å²) in [5.41, 5.74) is 1.96. The van der Waals surface area contributed by atoms with E-state index in [1.165, 1.54) is 0 Å². The van der Waals surface area contributed by atoms with Gasteiger partial charge in [-0.2, -0.15) is 0 Å². The summed E-state index contributed by atoms with van der Waals surface area (Å²) in [7, 11) is 0. The molecule has 0 aliphatic carbocycles. The van der Waals surface area contributed by atoms with Crippen LogP contribution in [0.4, 0.5) is 11.4 Å². The van der Waals surface area contributed by atoms with Gasteiger partial charge in [0.1, 0.15) is 0 Å². The maximum atomic E-state index is 12.6. The molecule has 1 heterocycles. The van der Waals surface area contributed by atoms with Crippen molar-refractivity contribution in [2.45, 2.75) is 39.5 Å². The van der Waals surface area contributed by atoms with Gasteiger partial charge in [-0.15, -0.1) is 0 Å². The molecule has 1 fully saturated rings. The number of unbranched alkanes of at least 4 members (excludes halogenated alkanes) is 1. The van der Waals surface area contributed by atoms with Gasteiger partial charge < -0.3 is 20.3 Å². The van der Waals surface area contributed by atoms with Gasteiger partial charge in [-0.05, 0) is 61.4 Å². The van der Waals surface area contributed by atoms with Crippen LogP contribution in [0.5, 0.6) is 0 Å². The maximum absolute atomic E-state index is 12.6. The molecular formula is C26H31N3O5. The summed E-state index contributed by atoms with van der Waals surface area (Å²) < 4.78 is 5.09. The molecule has 34 heavy (non-hydrogen) atoms. The smallest absolute Gasteiger partial charge is 0.338 e. The predicted octanol–water partition coefficient (Wildman–Crippen LogP) is 4.09. The van der Waals surface area contributed by atoms with Crippen molar-refractivity contribution in [3.63, 3.8) is 0 Å². The third-order valence-corrected chi connectivity index (χ3v) is 5.60. The minimum atomic E-state index is -0.395. The van der Waals surface area contributed by atoms with E-state index in [4.69, 9.17) is 4.74 Å². The van der Waals surface area contributed by atoms with Gasteiger partial charge in [0.2, 0.25) is 11.8 Å². The lowest BCUT2D eigenvalue weighted by Gasteiger charge is -2.16. The fourth-order valence-electron chi connectivity index (χ4n) is 3.63. The molecule has 1 aliphatic rings. The molecular weight excluding hydrogens is 434 g/mol. The third kappa shape index (κ3) is 6.66. The molecule has 3 amide bonds. The number of nitrogens with zero attached hydrogens (tertiary/aromatic N) is 1. The average Bonchev–Trinajstić information content (AvgIpc) is 3.22. The normalized spacial score (nSPS) is 15.2. The highest BCUT2D eigenvalue weighted by Gasteiger charge is 2.33. The molecule has 0 saturated carbocycles. The Hall–Kier alpha value is -3.68. The topological polar surface area (TPSA) is 105 Å². The number of benzene rings is 2. The molecule has 180 valence electrons. The first kappa shape index (κ1) is 25.0. The van der Waals surface area contributed by atoms with E-state index in [-0.39, 0.29) is 30.1 Å². The van der Waals surface area contributed by atoms with E-state index in [1.54, 1.807) is 53.4 Å². The second-order valence-corrected chi connectivity index (χ2v) is 8.33. The van der Waals surface area contributed by atoms with Crippen LogP contribution in [-0.4, -0.2) is 48.3 Å². The zero-order chi connectivity index (χ0) is 24.5. The van der Waals surface area contributed by atoms with Crippen LogP contribution in [0.3, 0.4) is 0 Å².